The van der Waals surface area contributed by atoms with Crippen molar-refractivity contribution in [3.05, 3.63) is 48.0 Å². The van der Waals surface area contributed by atoms with Crippen LogP contribution in [0.3, 0.4) is 0 Å². The molecule has 0 bridgehead atoms. The van der Waals surface area contributed by atoms with Crippen LogP contribution in [-0.2, 0) is 0 Å². The average Bonchev–Trinajstić information content (AvgIpc) is 2.58. The van der Waals surface area contributed by atoms with Crippen LogP contribution in [0.5, 0.6) is 0 Å². The van der Waals surface area contributed by atoms with Gasteiger partial charge in [0.25, 0.3) is 0 Å². The van der Waals surface area contributed by atoms with Gasteiger partial charge in [-0.25, -0.2) is 0 Å². The van der Waals surface area contributed by atoms with Crippen LogP contribution in [0.15, 0.2) is 48.0 Å². The molecular weight excluding hydrogens is 154 g/mol. The van der Waals surface area contributed by atoms with Crippen molar-refractivity contribution in [1.82, 2.24) is 4.37 Å². The first-order valence-corrected chi connectivity index (χ1v) is 4.70. The molecule has 1 aromatic heterocycles. The first kappa shape index (κ1) is 6.55. The summed E-state index contributed by atoms with van der Waals surface area (Å²) in [5, 5.41) is 2.12. The van der Waals surface area contributed by atoms with E-state index in [0.717, 1.165) is 0 Å². The highest BCUT2D eigenvalue weighted by molar-refractivity contribution is 7.33. The molecule has 1 nitrogen and oxygen atoms in total. The van der Waals surface area contributed by atoms with E-state index in [1.807, 2.05) is 30.5 Å². The number of hydrogen-bond donors (Lipinski definition) is 0. The Morgan fingerprint density at radius 3 is 2.45 bits per heavy atom. The Balaban J connectivity index is 2.46. The van der Waals surface area contributed by atoms with Crippen molar-refractivity contribution in [3.63, 3.8) is 0 Å². The lowest BCUT2D eigenvalue weighted by Gasteiger charge is -1.82. The summed E-state index contributed by atoms with van der Waals surface area (Å²) in [7, 11) is -0.00179. The lowest BCUT2D eigenvalue weighted by Crippen LogP contribution is -1.66. The van der Waals surface area contributed by atoms with Gasteiger partial charge < -0.3 is 0 Å². The van der Waals surface area contributed by atoms with E-state index >= 15 is 0 Å². The predicted octanol–water partition coefficient (Wildman–Crippen LogP) is 2.82. The van der Waals surface area contributed by atoms with Gasteiger partial charge in [-0.05, 0) is 4.37 Å². The first-order chi connectivity index (χ1) is 5.47. The number of benzene rings is 1. The molecule has 0 fully saturated rings. The van der Waals surface area contributed by atoms with Gasteiger partial charge in [-0.1, -0.05) is 18.2 Å². The third-order valence-corrected chi connectivity index (χ3v) is 2.97. The molecule has 0 aliphatic carbocycles. The third kappa shape index (κ3) is 1.30. The monoisotopic (exact) mass is 162 g/mol. The van der Waals surface area contributed by atoms with Crippen molar-refractivity contribution in [2.24, 2.45) is 0 Å². The Hall–Kier alpha value is -1.15. The summed E-state index contributed by atoms with van der Waals surface area (Å²) >= 11 is 0. The van der Waals surface area contributed by atoms with Crippen molar-refractivity contribution in [2.45, 2.75) is 0 Å². The minimum absolute atomic E-state index is 0.00179. The first-order valence-electron chi connectivity index (χ1n) is 3.46. The molecule has 0 radical (unpaired) electrons. The van der Waals surface area contributed by atoms with Crippen molar-refractivity contribution < 1.29 is 0 Å². The van der Waals surface area contributed by atoms with Gasteiger partial charge in [0.2, 0.25) is 4.90 Å². The molecule has 0 spiro atoms. The fourth-order valence-corrected chi connectivity index (χ4v) is 2.15. The fraction of sp³-hybridized carbons (Fsp3) is 0. The van der Waals surface area contributed by atoms with E-state index < -0.39 is 0 Å². The van der Waals surface area contributed by atoms with E-state index in [0.29, 0.717) is 0 Å². The van der Waals surface area contributed by atoms with Crippen molar-refractivity contribution >= 4 is 10.7 Å². The molecule has 0 aliphatic rings. The Bertz CT molecular complexity index is 313. The van der Waals surface area contributed by atoms with Crippen molar-refractivity contribution in [2.75, 3.05) is 0 Å². The summed E-state index contributed by atoms with van der Waals surface area (Å²) in [6, 6.07) is 12.3. The van der Waals surface area contributed by atoms with E-state index in [9.17, 15) is 0 Å². The summed E-state index contributed by atoms with van der Waals surface area (Å²) in [6.45, 7) is 0. The summed E-state index contributed by atoms with van der Waals surface area (Å²) in [5.41, 5.74) is 0. The maximum atomic E-state index is 4.30. The molecule has 0 saturated carbocycles. The molecule has 54 valence electrons. The van der Waals surface area contributed by atoms with Gasteiger partial charge in [-0.2, -0.15) is 0 Å². The lowest BCUT2D eigenvalue weighted by molar-refractivity contribution is 1.57. The second-order valence-electron chi connectivity index (χ2n) is 2.21. The number of aromatic nitrogens is 1. The van der Waals surface area contributed by atoms with Crippen molar-refractivity contribution in [3.8, 4) is 4.90 Å². The largest absolute Gasteiger partial charge is 0.203 e. The van der Waals surface area contributed by atoms with E-state index in [2.05, 4.69) is 21.9 Å². The van der Waals surface area contributed by atoms with E-state index in [1.165, 1.54) is 4.90 Å². The van der Waals surface area contributed by atoms with Crippen LogP contribution in [0.25, 0.3) is 4.90 Å². The summed E-state index contributed by atoms with van der Waals surface area (Å²) < 4.78 is 4.30. The standard InChI is InChI=1S/C9H8NS/c1-2-5-9(6-3-1)11-8-4-7-10-11/h1-8H/q+1. The molecular formula is C9H8NS+. The van der Waals surface area contributed by atoms with Gasteiger partial charge in [-0.3, -0.25) is 0 Å². The zero-order valence-corrected chi connectivity index (χ0v) is 6.79. The molecule has 11 heavy (non-hydrogen) atoms. The molecule has 0 N–H and O–H groups in total. The highest BCUT2D eigenvalue weighted by Crippen LogP contribution is 2.25. The minimum Gasteiger partial charge on any atom is -0.0619 e. The fourth-order valence-electron chi connectivity index (χ4n) is 0.945. The second-order valence-corrected chi connectivity index (χ2v) is 3.79. The predicted molar refractivity (Wildman–Crippen MR) is 48.1 cm³/mol. The van der Waals surface area contributed by atoms with Crippen LogP contribution in [-0.4, -0.2) is 4.37 Å². The third-order valence-electron chi connectivity index (χ3n) is 1.45. The maximum absolute atomic E-state index is 4.30. The Labute approximate surface area is 68.5 Å². The van der Waals surface area contributed by atoms with E-state index in [4.69, 9.17) is 0 Å². The van der Waals surface area contributed by atoms with Crippen LogP contribution in [0.4, 0.5) is 0 Å². The van der Waals surface area contributed by atoms with Gasteiger partial charge in [0.05, 0.1) is 6.20 Å². The normalized spacial score (nSPS) is 11.5. The van der Waals surface area contributed by atoms with Gasteiger partial charge in [0.1, 0.15) is 10.7 Å². The van der Waals surface area contributed by atoms with Gasteiger partial charge in [-0.15, -0.1) is 0 Å². The molecule has 2 heteroatoms. The number of nitrogens with zero attached hydrogens (tertiary/aromatic N) is 1. The minimum atomic E-state index is -0.00179. The van der Waals surface area contributed by atoms with Crippen LogP contribution >= 0.6 is 10.7 Å². The van der Waals surface area contributed by atoms with Crippen LogP contribution in [0.1, 0.15) is 0 Å². The Morgan fingerprint density at radius 1 is 1.00 bits per heavy atom. The zero-order chi connectivity index (χ0) is 7.52. The molecule has 2 rings (SSSR count). The molecule has 0 amide bonds. The summed E-state index contributed by atoms with van der Waals surface area (Å²) in [5.74, 6) is 0. The van der Waals surface area contributed by atoms with E-state index in [1.54, 1.807) is 0 Å². The SMILES string of the molecule is c1ccc(-[s+]2cccn2)cc1. The van der Waals surface area contributed by atoms with Crippen LogP contribution in [0.2, 0.25) is 0 Å². The van der Waals surface area contributed by atoms with Crippen LogP contribution in [0, 0.1) is 0 Å². The molecule has 1 unspecified atom stereocenters. The topological polar surface area (TPSA) is 12.9 Å². The zero-order valence-electron chi connectivity index (χ0n) is 5.97. The average molecular weight is 162 g/mol. The highest BCUT2D eigenvalue weighted by atomic mass is 32.2. The summed E-state index contributed by atoms with van der Waals surface area (Å²) in [6.07, 6.45) is 1.86. The highest BCUT2D eigenvalue weighted by Gasteiger charge is 2.06. The smallest absolute Gasteiger partial charge is 0.0619 e. The molecule has 1 aromatic carbocycles. The maximum Gasteiger partial charge on any atom is 0.203 e. The van der Waals surface area contributed by atoms with Gasteiger partial charge in [0.15, 0.2) is 5.38 Å². The lowest BCUT2D eigenvalue weighted by atomic mass is 10.4. The van der Waals surface area contributed by atoms with Gasteiger partial charge in [0, 0.05) is 18.2 Å². The number of rotatable bonds is 1. The van der Waals surface area contributed by atoms with Crippen molar-refractivity contribution in [1.29, 1.82) is 0 Å². The summed E-state index contributed by atoms with van der Waals surface area (Å²) in [4.78, 5) is 1.29. The molecule has 0 aliphatic heterocycles. The molecule has 0 saturated heterocycles. The quantitative estimate of drug-likeness (QED) is 0.587. The Morgan fingerprint density at radius 2 is 1.82 bits per heavy atom. The second kappa shape index (κ2) is 2.84. The van der Waals surface area contributed by atoms with Crippen LogP contribution < -0.4 is 0 Å². The Kier molecular flexibility index (Phi) is 1.69. The van der Waals surface area contributed by atoms with E-state index in [-0.39, 0.29) is 10.7 Å². The van der Waals surface area contributed by atoms with Gasteiger partial charge >= 0.3 is 0 Å². The molecule has 1 atom stereocenters. The molecule has 2 aromatic rings. The number of hydrogen-bond acceptors (Lipinski definition) is 1. The molecule has 1 heterocycles.